The zero-order valence-corrected chi connectivity index (χ0v) is 15.0. The van der Waals surface area contributed by atoms with E-state index in [2.05, 4.69) is 4.98 Å². The van der Waals surface area contributed by atoms with Crippen molar-refractivity contribution in [1.82, 2.24) is 9.55 Å². The average molecular weight is 341 g/mol. The van der Waals surface area contributed by atoms with E-state index in [1.807, 2.05) is 54.9 Å². The van der Waals surface area contributed by atoms with Crippen molar-refractivity contribution in [2.75, 3.05) is 25.3 Å². The van der Waals surface area contributed by atoms with Gasteiger partial charge < -0.3 is 14.3 Å². The summed E-state index contributed by atoms with van der Waals surface area (Å²) in [6, 6.07) is 7.41. The van der Waals surface area contributed by atoms with Crippen molar-refractivity contribution in [3.8, 4) is 0 Å². The predicted molar refractivity (Wildman–Crippen MR) is 100 cm³/mol. The zero-order valence-electron chi connectivity index (χ0n) is 14.2. The summed E-state index contributed by atoms with van der Waals surface area (Å²) in [5.41, 5.74) is 2.37. The van der Waals surface area contributed by atoms with Crippen LogP contribution in [-0.4, -0.2) is 36.2 Å². The molecule has 0 saturated heterocycles. The molecule has 0 aliphatic rings. The second kappa shape index (κ2) is 6.28. The first-order chi connectivity index (χ1) is 11.5. The molecule has 0 amide bonds. The van der Waals surface area contributed by atoms with Gasteiger partial charge in [0.05, 0.1) is 17.4 Å². The number of fused-ring (bicyclic) bond motifs is 2. The molecule has 0 spiro atoms. The number of benzene rings is 1. The van der Waals surface area contributed by atoms with E-state index in [0.717, 1.165) is 28.1 Å². The van der Waals surface area contributed by atoms with Crippen LogP contribution in [0.3, 0.4) is 0 Å². The molecule has 5 nitrogen and oxygen atoms in total. The number of pyridine rings is 2. The number of carbonyl (C=O) groups excluding carboxylic acids is 1. The van der Waals surface area contributed by atoms with Gasteiger partial charge in [0.1, 0.15) is 17.8 Å². The van der Waals surface area contributed by atoms with Crippen molar-refractivity contribution >= 4 is 45.8 Å². The molecule has 3 rings (SSSR count). The Labute approximate surface area is 144 Å². The number of anilines is 1. The topological polar surface area (TPSA) is 55.2 Å². The minimum absolute atomic E-state index is 0.0461. The molecule has 3 aromatic rings. The minimum atomic E-state index is -0.0461. The quantitative estimate of drug-likeness (QED) is 0.415. The van der Waals surface area contributed by atoms with Gasteiger partial charge in [-0.25, -0.2) is 4.98 Å². The first-order valence-corrected chi connectivity index (χ1v) is 8.84. The molecule has 6 heteroatoms. The molecule has 0 fully saturated rings. The standard InChI is InChI=1S/C18H19N3O2S/c1-11-5-6-12-15(17(11)24-4)21(9-10-22)18-13(16(12)23)7-8-14(19-18)20(2)3/h5-8,10H,9H2,1-4H3. The van der Waals surface area contributed by atoms with Crippen LogP contribution in [0.1, 0.15) is 5.56 Å². The number of nitrogens with zero attached hydrogens (tertiary/aromatic N) is 3. The van der Waals surface area contributed by atoms with Gasteiger partial charge >= 0.3 is 0 Å². The summed E-state index contributed by atoms with van der Waals surface area (Å²) in [6.45, 7) is 2.17. The first kappa shape index (κ1) is 16.5. The smallest absolute Gasteiger partial charge is 0.198 e. The molecule has 0 N–H and O–H groups in total. The lowest BCUT2D eigenvalue weighted by molar-refractivity contribution is -0.108. The zero-order chi connectivity index (χ0) is 17.4. The first-order valence-electron chi connectivity index (χ1n) is 7.61. The van der Waals surface area contributed by atoms with E-state index in [9.17, 15) is 9.59 Å². The molecule has 0 aliphatic heterocycles. The molecule has 1 aromatic carbocycles. The molecule has 0 radical (unpaired) electrons. The fourth-order valence-electron chi connectivity index (χ4n) is 2.95. The van der Waals surface area contributed by atoms with Gasteiger partial charge in [0.25, 0.3) is 0 Å². The van der Waals surface area contributed by atoms with E-state index in [-0.39, 0.29) is 12.0 Å². The second-order valence-corrected chi connectivity index (χ2v) is 6.67. The van der Waals surface area contributed by atoms with E-state index >= 15 is 0 Å². The van der Waals surface area contributed by atoms with Crippen molar-refractivity contribution in [1.29, 1.82) is 0 Å². The summed E-state index contributed by atoms with van der Waals surface area (Å²) in [6.07, 6.45) is 2.82. The summed E-state index contributed by atoms with van der Waals surface area (Å²) in [5, 5.41) is 1.16. The fourth-order valence-corrected chi connectivity index (χ4v) is 3.76. The second-order valence-electron chi connectivity index (χ2n) is 5.85. The maximum atomic E-state index is 12.9. The van der Waals surface area contributed by atoms with Crippen LogP contribution in [0.4, 0.5) is 5.82 Å². The number of thioether (sulfide) groups is 1. The van der Waals surface area contributed by atoms with Crippen molar-refractivity contribution in [2.45, 2.75) is 18.4 Å². The Morgan fingerprint density at radius 1 is 1.21 bits per heavy atom. The van der Waals surface area contributed by atoms with E-state index in [4.69, 9.17) is 0 Å². The predicted octanol–water partition coefficient (Wildman–Crippen LogP) is 2.84. The number of aryl methyl sites for hydroxylation is 1. The van der Waals surface area contributed by atoms with Gasteiger partial charge in [-0.05, 0) is 36.9 Å². The van der Waals surface area contributed by atoms with Crippen LogP contribution in [0.5, 0.6) is 0 Å². The molecule has 0 bridgehead atoms. The van der Waals surface area contributed by atoms with Crippen LogP contribution in [0.25, 0.3) is 21.9 Å². The summed E-state index contributed by atoms with van der Waals surface area (Å²) in [5.74, 6) is 0.749. The SMILES string of the molecule is CSc1c(C)ccc2c(=O)c3ccc(N(C)C)nc3n(CC=O)c12. The van der Waals surface area contributed by atoms with E-state index in [1.54, 1.807) is 17.8 Å². The van der Waals surface area contributed by atoms with Gasteiger partial charge in [0, 0.05) is 24.4 Å². The number of rotatable bonds is 4. The Hall–Kier alpha value is -2.34. The Balaban J connectivity index is 2.60. The maximum Gasteiger partial charge on any atom is 0.198 e. The highest BCUT2D eigenvalue weighted by molar-refractivity contribution is 7.98. The largest absolute Gasteiger partial charge is 0.363 e. The molecule has 0 atom stereocenters. The Kier molecular flexibility index (Phi) is 4.32. The van der Waals surface area contributed by atoms with Crippen LogP contribution in [-0.2, 0) is 11.3 Å². The van der Waals surface area contributed by atoms with Crippen molar-refractivity contribution < 1.29 is 4.79 Å². The monoisotopic (exact) mass is 341 g/mol. The minimum Gasteiger partial charge on any atom is -0.363 e. The Morgan fingerprint density at radius 3 is 2.54 bits per heavy atom. The van der Waals surface area contributed by atoms with E-state index < -0.39 is 0 Å². The van der Waals surface area contributed by atoms with Crippen LogP contribution in [0.2, 0.25) is 0 Å². The molecular formula is C18H19N3O2S. The third-order valence-electron chi connectivity index (χ3n) is 4.12. The van der Waals surface area contributed by atoms with Crippen LogP contribution in [0.15, 0.2) is 34.0 Å². The normalized spacial score (nSPS) is 11.2. The third-order valence-corrected chi connectivity index (χ3v) is 5.05. The highest BCUT2D eigenvalue weighted by atomic mass is 32.2. The summed E-state index contributed by atoms with van der Waals surface area (Å²) in [4.78, 5) is 31.8. The van der Waals surface area contributed by atoms with Crippen molar-refractivity contribution in [2.24, 2.45) is 0 Å². The summed E-state index contributed by atoms with van der Waals surface area (Å²) < 4.78 is 1.85. The molecule has 2 heterocycles. The lowest BCUT2D eigenvalue weighted by atomic mass is 10.1. The molecule has 0 aliphatic carbocycles. The lowest BCUT2D eigenvalue weighted by Crippen LogP contribution is -2.17. The van der Waals surface area contributed by atoms with Crippen LogP contribution >= 0.6 is 11.8 Å². The molecule has 124 valence electrons. The van der Waals surface area contributed by atoms with Gasteiger partial charge in [-0.15, -0.1) is 11.8 Å². The maximum absolute atomic E-state index is 12.9. The van der Waals surface area contributed by atoms with E-state index in [0.29, 0.717) is 16.4 Å². The Morgan fingerprint density at radius 2 is 1.92 bits per heavy atom. The van der Waals surface area contributed by atoms with Gasteiger partial charge in [0.2, 0.25) is 0 Å². The number of hydrogen-bond acceptors (Lipinski definition) is 5. The number of aldehydes is 1. The highest BCUT2D eigenvalue weighted by Crippen LogP contribution is 2.30. The van der Waals surface area contributed by atoms with Crippen molar-refractivity contribution in [3.05, 3.63) is 40.1 Å². The molecule has 0 unspecified atom stereocenters. The van der Waals surface area contributed by atoms with Gasteiger partial charge in [-0.3, -0.25) is 4.79 Å². The van der Waals surface area contributed by atoms with Crippen LogP contribution in [0, 0.1) is 6.92 Å². The Bertz CT molecular complexity index is 1010. The average Bonchev–Trinajstić information content (AvgIpc) is 2.57. The molecular weight excluding hydrogens is 322 g/mol. The highest BCUT2D eigenvalue weighted by Gasteiger charge is 2.16. The van der Waals surface area contributed by atoms with E-state index in [1.165, 1.54) is 0 Å². The van der Waals surface area contributed by atoms with Crippen molar-refractivity contribution in [3.63, 3.8) is 0 Å². The molecule has 24 heavy (non-hydrogen) atoms. The summed E-state index contributed by atoms with van der Waals surface area (Å²) in [7, 11) is 3.80. The third kappa shape index (κ3) is 2.47. The molecule has 0 saturated carbocycles. The van der Waals surface area contributed by atoms with Gasteiger partial charge in [-0.2, -0.15) is 0 Å². The fraction of sp³-hybridized carbons (Fsp3) is 0.278. The number of hydrogen-bond donors (Lipinski definition) is 0. The van der Waals surface area contributed by atoms with Gasteiger partial charge in [-0.1, -0.05) is 6.07 Å². The number of carbonyl (C=O) groups is 1. The molecule has 2 aromatic heterocycles. The summed E-state index contributed by atoms with van der Waals surface area (Å²) >= 11 is 1.58. The number of aromatic nitrogens is 2. The van der Waals surface area contributed by atoms with Crippen LogP contribution < -0.4 is 10.3 Å². The van der Waals surface area contributed by atoms with Gasteiger partial charge in [0.15, 0.2) is 5.43 Å². The lowest BCUT2D eigenvalue weighted by Gasteiger charge is -2.18.